The quantitative estimate of drug-likeness (QED) is 0.793. The first-order valence-electron chi connectivity index (χ1n) is 9.12. The zero-order valence-corrected chi connectivity index (χ0v) is 14.4. The second-order valence-electron chi connectivity index (χ2n) is 7.57. The summed E-state index contributed by atoms with van der Waals surface area (Å²) in [5.74, 6) is 1.18. The summed E-state index contributed by atoms with van der Waals surface area (Å²) in [5, 5.41) is 0. The van der Waals surface area contributed by atoms with E-state index in [1.807, 2.05) is 11.8 Å². The van der Waals surface area contributed by atoms with E-state index in [4.69, 9.17) is 9.15 Å². The smallest absolute Gasteiger partial charge is 0.289 e. The van der Waals surface area contributed by atoms with Gasteiger partial charge in [0.05, 0.1) is 5.56 Å². The van der Waals surface area contributed by atoms with Crippen LogP contribution in [0.15, 0.2) is 4.42 Å². The van der Waals surface area contributed by atoms with Gasteiger partial charge >= 0.3 is 0 Å². The van der Waals surface area contributed by atoms with Gasteiger partial charge in [-0.1, -0.05) is 0 Å². The number of piperidine rings is 1. The van der Waals surface area contributed by atoms with E-state index < -0.39 is 0 Å². The Morgan fingerprint density at radius 2 is 1.92 bits per heavy atom. The van der Waals surface area contributed by atoms with Gasteiger partial charge in [0.25, 0.3) is 5.91 Å². The van der Waals surface area contributed by atoms with Crippen LogP contribution in [-0.2, 0) is 11.2 Å². The molecule has 0 N–H and O–H groups in total. The number of Topliss-reactive ketones (excluding diaryl/α,β-unsaturated/α-hetero) is 1. The number of hydrogen-bond acceptors (Lipinski definition) is 4. The summed E-state index contributed by atoms with van der Waals surface area (Å²) in [4.78, 5) is 27.2. The highest BCUT2D eigenvalue weighted by molar-refractivity contribution is 6.03. The van der Waals surface area contributed by atoms with Crippen molar-refractivity contribution >= 4 is 11.7 Å². The van der Waals surface area contributed by atoms with Gasteiger partial charge in [0, 0.05) is 44.7 Å². The van der Waals surface area contributed by atoms with Crippen molar-refractivity contribution in [3.63, 3.8) is 0 Å². The van der Waals surface area contributed by atoms with E-state index in [1.54, 1.807) is 0 Å². The molecule has 1 aromatic heterocycles. The molecular formula is C19H25NO4. The van der Waals surface area contributed by atoms with Crippen LogP contribution in [0.4, 0.5) is 0 Å². The fraction of sp³-hybridized carbons (Fsp3) is 0.684. The standard InChI is InChI=1S/C19H25NO4/c1-13-16-14(21)4-2-5-15(16)24-17(13)18(22)20-9-3-6-19(12-20)7-10-23-11-8-19/h2-12H2,1H3. The molecule has 2 saturated heterocycles. The number of hydrogen-bond donors (Lipinski definition) is 0. The molecule has 24 heavy (non-hydrogen) atoms. The summed E-state index contributed by atoms with van der Waals surface area (Å²) in [6, 6.07) is 0. The zero-order valence-electron chi connectivity index (χ0n) is 14.4. The summed E-state index contributed by atoms with van der Waals surface area (Å²) >= 11 is 0. The highest BCUT2D eigenvalue weighted by Gasteiger charge is 2.40. The van der Waals surface area contributed by atoms with Crippen LogP contribution in [0, 0.1) is 12.3 Å². The average molecular weight is 331 g/mol. The Labute approximate surface area is 142 Å². The minimum Gasteiger partial charge on any atom is -0.455 e. The topological polar surface area (TPSA) is 59.8 Å². The maximum atomic E-state index is 13.1. The first kappa shape index (κ1) is 15.9. The molecule has 0 bridgehead atoms. The van der Waals surface area contributed by atoms with Gasteiger partial charge in [-0.25, -0.2) is 0 Å². The monoisotopic (exact) mass is 331 g/mol. The molecule has 2 aliphatic heterocycles. The Morgan fingerprint density at radius 1 is 1.12 bits per heavy atom. The molecule has 1 spiro atoms. The van der Waals surface area contributed by atoms with Crippen molar-refractivity contribution in [3.05, 3.63) is 22.6 Å². The number of furan rings is 1. The molecule has 1 aliphatic carbocycles. The third-order valence-corrected chi connectivity index (χ3v) is 6.00. The van der Waals surface area contributed by atoms with Crippen LogP contribution < -0.4 is 0 Å². The van der Waals surface area contributed by atoms with E-state index >= 15 is 0 Å². The lowest BCUT2D eigenvalue weighted by Crippen LogP contribution is -2.48. The Bertz CT molecular complexity index is 664. The molecule has 1 aromatic rings. The SMILES string of the molecule is Cc1c(C(=O)N2CCCC3(CCOCC3)C2)oc2c1C(=O)CCC2. The van der Waals surface area contributed by atoms with Gasteiger partial charge in [0.2, 0.25) is 0 Å². The summed E-state index contributed by atoms with van der Waals surface area (Å²) in [6.45, 7) is 5.01. The second kappa shape index (κ2) is 6.03. The number of rotatable bonds is 1. The Kier molecular flexibility index (Phi) is 3.99. The summed E-state index contributed by atoms with van der Waals surface area (Å²) in [6.07, 6.45) is 6.41. The fourth-order valence-electron chi connectivity index (χ4n) is 4.59. The Balaban J connectivity index is 1.58. The zero-order chi connectivity index (χ0) is 16.7. The Morgan fingerprint density at radius 3 is 2.67 bits per heavy atom. The first-order chi connectivity index (χ1) is 11.6. The lowest BCUT2D eigenvalue weighted by Gasteiger charge is -2.44. The van der Waals surface area contributed by atoms with E-state index in [0.29, 0.717) is 23.5 Å². The molecule has 130 valence electrons. The number of aryl methyl sites for hydroxylation is 1. The lowest BCUT2D eigenvalue weighted by molar-refractivity contribution is -0.0236. The summed E-state index contributed by atoms with van der Waals surface area (Å²) < 4.78 is 11.4. The van der Waals surface area contributed by atoms with Crippen LogP contribution in [0.1, 0.15) is 70.8 Å². The number of ketones is 1. The van der Waals surface area contributed by atoms with Gasteiger partial charge in [0.15, 0.2) is 11.5 Å². The third-order valence-electron chi connectivity index (χ3n) is 6.00. The molecule has 5 heteroatoms. The normalized spacial score (nSPS) is 23.4. The van der Waals surface area contributed by atoms with Crippen LogP contribution in [0.3, 0.4) is 0 Å². The molecular weight excluding hydrogens is 306 g/mol. The number of amides is 1. The molecule has 0 aromatic carbocycles. The number of likely N-dealkylation sites (tertiary alicyclic amines) is 1. The lowest BCUT2D eigenvalue weighted by atomic mass is 9.74. The molecule has 5 nitrogen and oxygen atoms in total. The molecule has 4 rings (SSSR count). The molecule has 0 unspecified atom stereocenters. The largest absolute Gasteiger partial charge is 0.455 e. The maximum Gasteiger partial charge on any atom is 0.289 e. The highest BCUT2D eigenvalue weighted by Crippen LogP contribution is 2.40. The number of carbonyl (C=O) groups excluding carboxylic acids is 2. The van der Waals surface area contributed by atoms with E-state index in [9.17, 15) is 9.59 Å². The summed E-state index contributed by atoms with van der Waals surface area (Å²) in [5.41, 5.74) is 1.62. The minimum atomic E-state index is -0.0414. The van der Waals surface area contributed by atoms with E-state index in [-0.39, 0.29) is 17.1 Å². The number of carbonyl (C=O) groups is 2. The minimum absolute atomic E-state index is 0.0414. The number of ether oxygens (including phenoxy) is 1. The van der Waals surface area contributed by atoms with Crippen molar-refractivity contribution in [2.75, 3.05) is 26.3 Å². The van der Waals surface area contributed by atoms with Gasteiger partial charge in [-0.15, -0.1) is 0 Å². The van der Waals surface area contributed by atoms with Crippen molar-refractivity contribution in [2.45, 2.75) is 51.9 Å². The van der Waals surface area contributed by atoms with Gasteiger partial charge in [0.1, 0.15) is 5.76 Å². The van der Waals surface area contributed by atoms with E-state index in [0.717, 1.165) is 64.0 Å². The highest BCUT2D eigenvalue weighted by atomic mass is 16.5. The van der Waals surface area contributed by atoms with E-state index in [1.165, 1.54) is 6.42 Å². The van der Waals surface area contributed by atoms with Crippen molar-refractivity contribution in [3.8, 4) is 0 Å². The molecule has 1 amide bonds. The average Bonchev–Trinajstić information content (AvgIpc) is 2.93. The van der Waals surface area contributed by atoms with Crippen LogP contribution in [-0.4, -0.2) is 42.9 Å². The van der Waals surface area contributed by atoms with E-state index in [2.05, 4.69) is 0 Å². The van der Waals surface area contributed by atoms with Crippen molar-refractivity contribution in [2.24, 2.45) is 5.41 Å². The molecule has 0 radical (unpaired) electrons. The predicted octanol–water partition coefficient (Wildman–Crippen LogP) is 3.14. The Hall–Kier alpha value is -1.62. The molecule has 3 heterocycles. The molecule has 0 atom stereocenters. The second-order valence-corrected chi connectivity index (χ2v) is 7.57. The molecule has 0 saturated carbocycles. The van der Waals surface area contributed by atoms with Crippen LogP contribution in [0.25, 0.3) is 0 Å². The molecule has 2 fully saturated rings. The van der Waals surface area contributed by atoms with Crippen molar-refractivity contribution < 1.29 is 18.7 Å². The van der Waals surface area contributed by atoms with Crippen LogP contribution in [0.2, 0.25) is 0 Å². The fourth-order valence-corrected chi connectivity index (χ4v) is 4.59. The maximum absolute atomic E-state index is 13.1. The van der Waals surface area contributed by atoms with Crippen molar-refractivity contribution in [1.82, 2.24) is 4.90 Å². The van der Waals surface area contributed by atoms with Gasteiger partial charge in [-0.2, -0.15) is 0 Å². The van der Waals surface area contributed by atoms with Gasteiger partial charge < -0.3 is 14.1 Å². The molecule has 3 aliphatic rings. The van der Waals surface area contributed by atoms with Gasteiger partial charge in [-0.05, 0) is 44.4 Å². The first-order valence-corrected chi connectivity index (χ1v) is 9.12. The number of fused-ring (bicyclic) bond motifs is 1. The van der Waals surface area contributed by atoms with Crippen LogP contribution >= 0.6 is 0 Å². The van der Waals surface area contributed by atoms with Gasteiger partial charge in [-0.3, -0.25) is 9.59 Å². The summed E-state index contributed by atoms with van der Waals surface area (Å²) in [7, 11) is 0. The number of nitrogens with zero attached hydrogens (tertiary/aromatic N) is 1. The van der Waals surface area contributed by atoms with Crippen LogP contribution in [0.5, 0.6) is 0 Å². The predicted molar refractivity (Wildman–Crippen MR) is 88.3 cm³/mol. The third kappa shape index (κ3) is 2.59. The van der Waals surface area contributed by atoms with Crippen molar-refractivity contribution in [1.29, 1.82) is 0 Å².